The topological polar surface area (TPSA) is 55.8 Å². The lowest BCUT2D eigenvalue weighted by molar-refractivity contribution is -0.174. The molecule has 7 heteroatoms. The lowest BCUT2D eigenvalue weighted by atomic mass is 10.2. The highest BCUT2D eigenvalue weighted by Gasteiger charge is 2.27. The van der Waals surface area contributed by atoms with Gasteiger partial charge in [-0.3, -0.25) is 0 Å². The highest BCUT2D eigenvalue weighted by molar-refractivity contribution is 5.90. The van der Waals surface area contributed by atoms with Crippen molar-refractivity contribution in [2.24, 2.45) is 0 Å². The number of para-hydroxylation sites is 1. The standard InChI is InChI=1S/C12H13F3O4/c13-12(14,15)8-18-6-3-7-19-10-5-2-1-4-9(10)11(16)17/h1-2,4-5H,3,6-8H2,(H,16,17). The number of carboxylic acids is 1. The first kappa shape index (κ1) is 15.3. The van der Waals surface area contributed by atoms with Crippen LogP contribution in [0.5, 0.6) is 5.75 Å². The molecule has 1 aromatic carbocycles. The molecule has 106 valence electrons. The van der Waals surface area contributed by atoms with Crippen LogP contribution in [0.2, 0.25) is 0 Å². The van der Waals surface area contributed by atoms with Crippen molar-refractivity contribution in [2.45, 2.75) is 12.6 Å². The van der Waals surface area contributed by atoms with Crippen LogP contribution in [-0.4, -0.2) is 37.1 Å². The highest BCUT2D eigenvalue weighted by atomic mass is 19.4. The molecule has 0 amide bonds. The SMILES string of the molecule is O=C(O)c1ccccc1OCCCOCC(F)(F)F. The van der Waals surface area contributed by atoms with E-state index in [9.17, 15) is 18.0 Å². The second kappa shape index (κ2) is 6.98. The minimum absolute atomic E-state index is 0.0127. The first-order valence-electron chi connectivity index (χ1n) is 5.50. The lowest BCUT2D eigenvalue weighted by Gasteiger charge is -2.10. The van der Waals surface area contributed by atoms with Gasteiger partial charge in [0.2, 0.25) is 0 Å². The van der Waals surface area contributed by atoms with Crippen molar-refractivity contribution in [3.63, 3.8) is 0 Å². The molecule has 0 spiro atoms. The molecule has 0 fully saturated rings. The number of carbonyl (C=O) groups is 1. The van der Waals surface area contributed by atoms with E-state index >= 15 is 0 Å². The average molecular weight is 278 g/mol. The normalized spacial score (nSPS) is 11.3. The third-order valence-electron chi connectivity index (χ3n) is 2.07. The van der Waals surface area contributed by atoms with Gasteiger partial charge >= 0.3 is 12.1 Å². The molecule has 0 bridgehead atoms. The van der Waals surface area contributed by atoms with Crippen LogP contribution in [0.4, 0.5) is 13.2 Å². The van der Waals surface area contributed by atoms with E-state index in [2.05, 4.69) is 4.74 Å². The maximum atomic E-state index is 11.8. The molecule has 0 aliphatic heterocycles. The number of ether oxygens (including phenoxy) is 2. The number of alkyl halides is 3. The van der Waals surface area contributed by atoms with Crippen LogP contribution in [0.25, 0.3) is 0 Å². The summed E-state index contributed by atoms with van der Waals surface area (Å²) < 4.78 is 44.8. The molecule has 0 unspecified atom stereocenters. The van der Waals surface area contributed by atoms with E-state index in [-0.39, 0.29) is 30.9 Å². The number of rotatable bonds is 7. The van der Waals surface area contributed by atoms with E-state index in [4.69, 9.17) is 9.84 Å². The molecule has 0 saturated carbocycles. The van der Waals surface area contributed by atoms with Crippen LogP contribution in [0.3, 0.4) is 0 Å². The van der Waals surface area contributed by atoms with E-state index in [0.29, 0.717) is 0 Å². The second-order valence-electron chi connectivity index (χ2n) is 3.67. The van der Waals surface area contributed by atoms with Gasteiger partial charge < -0.3 is 14.6 Å². The number of hydrogen-bond donors (Lipinski definition) is 1. The number of benzene rings is 1. The van der Waals surface area contributed by atoms with Gasteiger partial charge in [-0.25, -0.2) is 4.79 Å². The number of halogens is 3. The Balaban J connectivity index is 2.28. The second-order valence-corrected chi connectivity index (χ2v) is 3.67. The molecule has 0 atom stereocenters. The van der Waals surface area contributed by atoms with Crippen molar-refractivity contribution in [2.75, 3.05) is 19.8 Å². The fourth-order valence-electron chi connectivity index (χ4n) is 1.30. The predicted octanol–water partition coefficient (Wildman–Crippen LogP) is 2.73. The fraction of sp³-hybridized carbons (Fsp3) is 0.417. The van der Waals surface area contributed by atoms with Gasteiger partial charge in [0.05, 0.1) is 13.2 Å². The molecule has 0 aliphatic carbocycles. The van der Waals surface area contributed by atoms with Crippen LogP contribution in [0.15, 0.2) is 24.3 Å². The number of aromatic carboxylic acids is 1. The van der Waals surface area contributed by atoms with Crippen LogP contribution in [-0.2, 0) is 4.74 Å². The molecular formula is C12H13F3O4. The van der Waals surface area contributed by atoms with E-state index in [0.717, 1.165) is 0 Å². The molecule has 1 rings (SSSR count). The van der Waals surface area contributed by atoms with E-state index in [1.807, 2.05) is 0 Å². The Morgan fingerprint density at radius 3 is 2.53 bits per heavy atom. The van der Waals surface area contributed by atoms with Crippen molar-refractivity contribution < 1.29 is 32.5 Å². The van der Waals surface area contributed by atoms with Crippen LogP contribution in [0, 0.1) is 0 Å². The molecule has 1 aromatic rings. The lowest BCUT2D eigenvalue weighted by Crippen LogP contribution is -2.18. The monoisotopic (exact) mass is 278 g/mol. The van der Waals surface area contributed by atoms with Crippen LogP contribution in [0.1, 0.15) is 16.8 Å². The third kappa shape index (κ3) is 6.10. The van der Waals surface area contributed by atoms with Crippen molar-refractivity contribution >= 4 is 5.97 Å². The van der Waals surface area contributed by atoms with Crippen LogP contribution < -0.4 is 4.74 Å². The quantitative estimate of drug-likeness (QED) is 0.779. The van der Waals surface area contributed by atoms with Crippen LogP contribution >= 0.6 is 0 Å². The Bertz CT molecular complexity index is 418. The van der Waals surface area contributed by atoms with E-state index in [1.54, 1.807) is 12.1 Å². The molecule has 4 nitrogen and oxygen atoms in total. The van der Waals surface area contributed by atoms with Crippen molar-refractivity contribution in [1.82, 2.24) is 0 Å². The zero-order valence-corrected chi connectivity index (χ0v) is 9.94. The van der Waals surface area contributed by atoms with Gasteiger partial charge in [-0.15, -0.1) is 0 Å². The van der Waals surface area contributed by atoms with Gasteiger partial charge in [0, 0.05) is 6.42 Å². The molecule has 0 saturated heterocycles. The minimum Gasteiger partial charge on any atom is -0.493 e. The molecule has 0 aliphatic rings. The Labute approximate surface area is 107 Å². The zero-order chi connectivity index (χ0) is 14.3. The van der Waals surface area contributed by atoms with Crippen molar-refractivity contribution in [3.8, 4) is 5.75 Å². The number of carboxylic acid groups (broad SMARTS) is 1. The zero-order valence-electron chi connectivity index (χ0n) is 9.94. The largest absolute Gasteiger partial charge is 0.493 e. The Morgan fingerprint density at radius 1 is 1.21 bits per heavy atom. The third-order valence-corrected chi connectivity index (χ3v) is 2.07. The number of hydrogen-bond acceptors (Lipinski definition) is 3. The summed E-state index contributed by atoms with van der Waals surface area (Å²) in [6.45, 7) is -1.31. The van der Waals surface area contributed by atoms with Gasteiger partial charge in [0.1, 0.15) is 17.9 Å². The summed E-state index contributed by atoms with van der Waals surface area (Å²) in [7, 11) is 0. The Hall–Kier alpha value is -1.76. The minimum atomic E-state index is -4.34. The first-order chi connectivity index (χ1) is 8.90. The first-order valence-corrected chi connectivity index (χ1v) is 5.50. The van der Waals surface area contributed by atoms with Gasteiger partial charge in [0.15, 0.2) is 0 Å². The smallest absolute Gasteiger partial charge is 0.411 e. The summed E-state index contributed by atoms with van der Waals surface area (Å²) in [4.78, 5) is 10.8. The maximum absolute atomic E-state index is 11.8. The molecule has 1 N–H and O–H groups in total. The predicted molar refractivity (Wildman–Crippen MR) is 60.4 cm³/mol. The summed E-state index contributed by atoms with van der Waals surface area (Å²) >= 11 is 0. The summed E-state index contributed by atoms with van der Waals surface area (Å²) in [6, 6.07) is 6.04. The summed E-state index contributed by atoms with van der Waals surface area (Å²) in [6.07, 6.45) is -4.10. The van der Waals surface area contributed by atoms with Crippen molar-refractivity contribution in [3.05, 3.63) is 29.8 Å². The maximum Gasteiger partial charge on any atom is 0.411 e. The highest BCUT2D eigenvalue weighted by Crippen LogP contribution is 2.18. The average Bonchev–Trinajstić information content (AvgIpc) is 2.32. The van der Waals surface area contributed by atoms with Gasteiger partial charge in [-0.05, 0) is 12.1 Å². The van der Waals surface area contributed by atoms with E-state index < -0.39 is 18.8 Å². The summed E-state index contributed by atoms with van der Waals surface area (Å²) in [5.41, 5.74) is 0.0127. The van der Waals surface area contributed by atoms with Crippen molar-refractivity contribution in [1.29, 1.82) is 0 Å². The van der Waals surface area contributed by atoms with Gasteiger partial charge in [-0.1, -0.05) is 12.1 Å². The summed E-state index contributed by atoms with van der Waals surface area (Å²) in [5, 5.41) is 8.87. The Kier molecular flexibility index (Phi) is 5.62. The molecule has 0 radical (unpaired) electrons. The Morgan fingerprint density at radius 2 is 1.89 bits per heavy atom. The fourth-order valence-corrected chi connectivity index (χ4v) is 1.30. The van der Waals surface area contributed by atoms with Gasteiger partial charge in [-0.2, -0.15) is 13.2 Å². The van der Waals surface area contributed by atoms with Gasteiger partial charge in [0.25, 0.3) is 0 Å². The summed E-state index contributed by atoms with van der Waals surface area (Å²) in [5.74, 6) is -0.935. The molecular weight excluding hydrogens is 265 g/mol. The van der Waals surface area contributed by atoms with E-state index in [1.165, 1.54) is 12.1 Å². The molecule has 0 aromatic heterocycles. The molecule has 19 heavy (non-hydrogen) atoms. The molecule has 0 heterocycles.